The average Bonchev–Trinajstić information content (AvgIpc) is 2.23. The van der Waals surface area contributed by atoms with Gasteiger partial charge in [0.25, 0.3) is 0 Å². The smallest absolute Gasteiger partial charge is 0.121 e. The van der Waals surface area contributed by atoms with Crippen molar-refractivity contribution in [1.29, 1.82) is 0 Å². The van der Waals surface area contributed by atoms with E-state index in [4.69, 9.17) is 5.73 Å². The Morgan fingerprint density at radius 3 is 2.06 bits per heavy atom. The summed E-state index contributed by atoms with van der Waals surface area (Å²) in [5.74, 6) is 0.303. The third-order valence-corrected chi connectivity index (χ3v) is 2.73. The highest BCUT2D eigenvalue weighted by molar-refractivity contribution is 5.85. The molecule has 0 aliphatic heterocycles. The molecule has 0 radical (unpaired) electrons. The third-order valence-electron chi connectivity index (χ3n) is 2.73. The van der Waals surface area contributed by atoms with Crippen LogP contribution in [0.3, 0.4) is 0 Å². The number of phenols is 1. The van der Waals surface area contributed by atoms with Crippen molar-refractivity contribution in [2.75, 3.05) is 0 Å². The van der Waals surface area contributed by atoms with Gasteiger partial charge in [-0.25, -0.2) is 0 Å². The van der Waals surface area contributed by atoms with E-state index in [1.807, 2.05) is 32.9 Å². The molecule has 0 saturated heterocycles. The van der Waals surface area contributed by atoms with Gasteiger partial charge in [-0.15, -0.1) is 12.4 Å². The van der Waals surface area contributed by atoms with E-state index < -0.39 is 6.10 Å². The zero-order valence-electron chi connectivity index (χ0n) is 9.90. The van der Waals surface area contributed by atoms with E-state index in [1.165, 1.54) is 0 Å². The quantitative estimate of drug-likeness (QED) is 0.765. The molecule has 0 spiro atoms. The Kier molecular flexibility index (Phi) is 5.79. The van der Waals surface area contributed by atoms with Crippen molar-refractivity contribution in [3.63, 3.8) is 0 Å². The van der Waals surface area contributed by atoms with Crippen LogP contribution in [0.15, 0.2) is 12.1 Å². The highest BCUT2D eigenvalue weighted by atomic mass is 35.5. The van der Waals surface area contributed by atoms with E-state index >= 15 is 0 Å². The number of hydrogen-bond donors (Lipinski definition) is 3. The molecular weight excluding hydrogens is 226 g/mol. The van der Waals surface area contributed by atoms with Crippen molar-refractivity contribution in [2.45, 2.75) is 39.3 Å². The van der Waals surface area contributed by atoms with Crippen molar-refractivity contribution < 1.29 is 10.2 Å². The SMILES string of the molecule is CC[C@@H](O)[C@@H](N)c1cc(C)c(O)c(C)c1.Cl. The highest BCUT2D eigenvalue weighted by Gasteiger charge is 2.16. The molecule has 0 aliphatic carbocycles. The molecule has 0 aromatic heterocycles. The lowest BCUT2D eigenvalue weighted by Crippen LogP contribution is -2.25. The van der Waals surface area contributed by atoms with Gasteiger partial charge in [-0.05, 0) is 37.0 Å². The minimum Gasteiger partial charge on any atom is -0.507 e. The van der Waals surface area contributed by atoms with Crippen LogP contribution in [0.5, 0.6) is 5.75 Å². The van der Waals surface area contributed by atoms with Crippen molar-refractivity contribution in [1.82, 2.24) is 0 Å². The number of aryl methyl sites for hydroxylation is 2. The van der Waals surface area contributed by atoms with Gasteiger partial charge in [0.15, 0.2) is 0 Å². The van der Waals surface area contributed by atoms with E-state index in [2.05, 4.69) is 0 Å². The predicted octanol–water partition coefficient (Wildman–Crippen LogP) is 2.20. The summed E-state index contributed by atoms with van der Waals surface area (Å²) in [6.07, 6.45) is 0.0912. The summed E-state index contributed by atoms with van der Waals surface area (Å²) in [7, 11) is 0. The van der Waals surface area contributed by atoms with Crippen LogP contribution in [0.2, 0.25) is 0 Å². The minimum atomic E-state index is -0.534. The lowest BCUT2D eigenvalue weighted by Gasteiger charge is -2.19. The van der Waals surface area contributed by atoms with Gasteiger partial charge < -0.3 is 15.9 Å². The van der Waals surface area contributed by atoms with Crippen LogP contribution in [0.4, 0.5) is 0 Å². The first kappa shape index (κ1) is 15.2. The Morgan fingerprint density at radius 2 is 1.69 bits per heavy atom. The fourth-order valence-corrected chi connectivity index (χ4v) is 1.66. The molecule has 4 N–H and O–H groups in total. The summed E-state index contributed by atoms with van der Waals surface area (Å²) >= 11 is 0. The van der Waals surface area contributed by atoms with Crippen LogP contribution in [0.1, 0.15) is 36.1 Å². The molecule has 0 saturated carbocycles. The van der Waals surface area contributed by atoms with E-state index in [0.29, 0.717) is 12.2 Å². The Bertz CT molecular complexity index is 332. The number of nitrogens with two attached hydrogens (primary N) is 1. The molecule has 4 heteroatoms. The Balaban J connectivity index is 0.00000225. The summed E-state index contributed by atoms with van der Waals surface area (Å²) < 4.78 is 0. The predicted molar refractivity (Wildman–Crippen MR) is 68.1 cm³/mol. The van der Waals surface area contributed by atoms with Gasteiger partial charge in [0, 0.05) is 0 Å². The maximum atomic E-state index is 9.64. The van der Waals surface area contributed by atoms with E-state index in [1.54, 1.807) is 0 Å². The zero-order chi connectivity index (χ0) is 11.6. The fraction of sp³-hybridized carbons (Fsp3) is 0.500. The molecule has 0 unspecified atom stereocenters. The first-order valence-electron chi connectivity index (χ1n) is 5.21. The number of phenolic OH excluding ortho intramolecular Hbond substituents is 1. The van der Waals surface area contributed by atoms with Crippen molar-refractivity contribution in [3.8, 4) is 5.75 Å². The summed E-state index contributed by atoms with van der Waals surface area (Å²) in [6.45, 7) is 5.55. The molecule has 2 atom stereocenters. The van der Waals surface area contributed by atoms with E-state index in [0.717, 1.165) is 16.7 Å². The van der Waals surface area contributed by atoms with Gasteiger partial charge in [-0.3, -0.25) is 0 Å². The number of aromatic hydroxyl groups is 1. The zero-order valence-corrected chi connectivity index (χ0v) is 10.7. The largest absolute Gasteiger partial charge is 0.507 e. The first-order chi connectivity index (χ1) is 6.97. The molecule has 92 valence electrons. The van der Waals surface area contributed by atoms with E-state index in [9.17, 15) is 10.2 Å². The molecule has 1 rings (SSSR count). The normalized spacial score (nSPS) is 14.1. The maximum absolute atomic E-state index is 9.64. The molecule has 0 heterocycles. The van der Waals surface area contributed by atoms with Crippen LogP contribution in [-0.4, -0.2) is 16.3 Å². The fourth-order valence-electron chi connectivity index (χ4n) is 1.66. The molecule has 1 aromatic carbocycles. The summed E-state index contributed by atoms with van der Waals surface area (Å²) in [4.78, 5) is 0. The van der Waals surface area contributed by atoms with Gasteiger partial charge >= 0.3 is 0 Å². The Labute approximate surface area is 103 Å². The number of rotatable bonds is 3. The summed E-state index contributed by atoms with van der Waals surface area (Å²) in [6, 6.07) is 3.27. The lowest BCUT2D eigenvalue weighted by molar-refractivity contribution is 0.140. The molecule has 1 aromatic rings. The standard InChI is InChI=1S/C12H19NO2.ClH/c1-4-10(14)11(13)9-5-7(2)12(15)8(3)6-9;/h5-6,10-11,14-15H,4,13H2,1-3H3;1H/t10-,11+;/m1./s1. The Hall–Kier alpha value is -0.770. The van der Waals surface area contributed by atoms with Gasteiger partial charge in [0.1, 0.15) is 5.75 Å². The van der Waals surface area contributed by atoms with Crippen molar-refractivity contribution >= 4 is 12.4 Å². The number of halogens is 1. The topological polar surface area (TPSA) is 66.5 Å². The molecule has 0 amide bonds. The summed E-state index contributed by atoms with van der Waals surface area (Å²) in [5.41, 5.74) is 8.37. The minimum absolute atomic E-state index is 0. The second-order valence-electron chi connectivity index (χ2n) is 4.00. The van der Waals surface area contributed by atoms with Gasteiger partial charge in [-0.2, -0.15) is 0 Å². The number of aliphatic hydroxyl groups excluding tert-OH is 1. The second kappa shape index (κ2) is 6.09. The highest BCUT2D eigenvalue weighted by Crippen LogP contribution is 2.26. The molecule has 0 aliphatic rings. The van der Waals surface area contributed by atoms with Gasteiger partial charge in [0.05, 0.1) is 12.1 Å². The van der Waals surface area contributed by atoms with Crippen LogP contribution in [0.25, 0.3) is 0 Å². The monoisotopic (exact) mass is 245 g/mol. The van der Waals surface area contributed by atoms with E-state index in [-0.39, 0.29) is 18.4 Å². The second-order valence-corrected chi connectivity index (χ2v) is 4.00. The third kappa shape index (κ3) is 3.11. The van der Waals surface area contributed by atoms with Crippen molar-refractivity contribution in [3.05, 3.63) is 28.8 Å². The maximum Gasteiger partial charge on any atom is 0.121 e. The van der Waals surface area contributed by atoms with Gasteiger partial charge in [0.2, 0.25) is 0 Å². The number of aliphatic hydroxyl groups is 1. The van der Waals surface area contributed by atoms with Gasteiger partial charge in [-0.1, -0.05) is 19.1 Å². The number of hydrogen-bond acceptors (Lipinski definition) is 3. The summed E-state index contributed by atoms with van der Waals surface area (Å²) in [5, 5.41) is 19.2. The van der Waals surface area contributed by atoms with Crippen LogP contribution in [0, 0.1) is 13.8 Å². The van der Waals surface area contributed by atoms with Crippen LogP contribution in [-0.2, 0) is 0 Å². The molecule has 0 bridgehead atoms. The number of benzene rings is 1. The molecule has 3 nitrogen and oxygen atoms in total. The lowest BCUT2D eigenvalue weighted by atomic mass is 9.96. The van der Waals surface area contributed by atoms with Crippen molar-refractivity contribution in [2.24, 2.45) is 5.73 Å². The van der Waals surface area contributed by atoms with Crippen LogP contribution < -0.4 is 5.73 Å². The van der Waals surface area contributed by atoms with Crippen LogP contribution >= 0.6 is 12.4 Å². The Morgan fingerprint density at radius 1 is 1.25 bits per heavy atom. The molecule has 16 heavy (non-hydrogen) atoms. The first-order valence-corrected chi connectivity index (χ1v) is 5.21. The molecule has 0 fully saturated rings. The molecular formula is C12H20ClNO2. The average molecular weight is 246 g/mol.